The molecule has 12 rings (SSSR count). The quantitative estimate of drug-likeness (QED) is 0.167. The van der Waals surface area contributed by atoms with Crippen molar-refractivity contribution >= 4 is 27.8 Å². The summed E-state index contributed by atoms with van der Waals surface area (Å²) >= 11 is 0. The zero-order valence-electron chi connectivity index (χ0n) is 31.4. The van der Waals surface area contributed by atoms with E-state index in [1.54, 1.807) is 5.56 Å². The summed E-state index contributed by atoms with van der Waals surface area (Å²) in [7, 11) is 0. The van der Waals surface area contributed by atoms with Crippen molar-refractivity contribution in [1.82, 2.24) is 0 Å². The summed E-state index contributed by atoms with van der Waals surface area (Å²) in [4.78, 5) is 2.54. The van der Waals surface area contributed by atoms with Crippen LogP contribution in [-0.2, 0) is 10.8 Å². The maximum absolute atomic E-state index is 2.54. The van der Waals surface area contributed by atoms with E-state index in [0.29, 0.717) is 5.41 Å². The molecule has 5 aliphatic carbocycles. The first-order valence-corrected chi connectivity index (χ1v) is 20.3. The van der Waals surface area contributed by atoms with E-state index in [1.807, 2.05) is 0 Å². The monoisotopic (exact) mass is 697 g/mol. The summed E-state index contributed by atoms with van der Waals surface area (Å²) < 4.78 is 0. The van der Waals surface area contributed by atoms with E-state index in [2.05, 4.69) is 176 Å². The third-order valence-electron chi connectivity index (χ3n) is 14.0. The standard InChI is InChI=1S/C53H47N/c1-52(2)48-20-8-6-16-44(48)45-27-26-42(31-49(45)52)54(41-24-22-40(23-25-41)53-32-35-28-36(33-53)30-37(29-35)34-53)50-21-9-7-17-46(50)47-19-11-15-39-14-10-18-43(51(39)47)38-12-4-3-5-13-38/h3-27,31,35-37H,28-30,32-34H2,1-2H3. The van der Waals surface area contributed by atoms with Crippen molar-refractivity contribution in [1.29, 1.82) is 0 Å². The molecule has 0 spiro atoms. The Labute approximate surface area is 320 Å². The molecule has 7 aromatic rings. The van der Waals surface area contributed by atoms with Crippen LogP contribution in [0.15, 0.2) is 158 Å². The van der Waals surface area contributed by atoms with E-state index in [-0.39, 0.29) is 5.41 Å². The Hall–Kier alpha value is -5.40. The molecule has 54 heavy (non-hydrogen) atoms. The molecule has 0 amide bonds. The first kappa shape index (κ1) is 32.1. The summed E-state index contributed by atoms with van der Waals surface area (Å²) in [5, 5.41) is 2.55. The molecule has 0 atom stereocenters. The van der Waals surface area contributed by atoms with Gasteiger partial charge in [-0.05, 0) is 147 Å². The highest BCUT2D eigenvalue weighted by Crippen LogP contribution is 2.61. The second-order valence-corrected chi connectivity index (χ2v) is 17.6. The average Bonchev–Trinajstić information content (AvgIpc) is 3.43. The molecule has 0 radical (unpaired) electrons. The Kier molecular flexibility index (Phi) is 7.16. The topological polar surface area (TPSA) is 3.24 Å². The third kappa shape index (κ3) is 4.90. The molecule has 0 N–H and O–H groups in total. The molecule has 0 aliphatic heterocycles. The van der Waals surface area contributed by atoms with E-state index < -0.39 is 0 Å². The molecule has 4 saturated carbocycles. The molecule has 0 unspecified atom stereocenters. The summed E-state index contributed by atoms with van der Waals surface area (Å²) in [5.41, 5.74) is 16.0. The molecule has 1 heteroatoms. The van der Waals surface area contributed by atoms with Gasteiger partial charge in [0.1, 0.15) is 0 Å². The van der Waals surface area contributed by atoms with Crippen molar-refractivity contribution in [3.8, 4) is 33.4 Å². The fourth-order valence-electron chi connectivity index (χ4n) is 12.0. The Balaban J connectivity index is 1.10. The van der Waals surface area contributed by atoms with Crippen molar-refractivity contribution in [2.24, 2.45) is 17.8 Å². The van der Waals surface area contributed by atoms with E-state index in [9.17, 15) is 0 Å². The highest BCUT2D eigenvalue weighted by molar-refractivity contribution is 6.08. The smallest absolute Gasteiger partial charge is 0.0540 e. The van der Waals surface area contributed by atoms with E-state index in [1.165, 1.54) is 111 Å². The highest BCUT2D eigenvalue weighted by Gasteiger charge is 2.51. The zero-order valence-corrected chi connectivity index (χ0v) is 31.4. The molecule has 264 valence electrons. The Morgan fingerprint density at radius 2 is 1.04 bits per heavy atom. The van der Waals surface area contributed by atoms with Crippen molar-refractivity contribution in [3.63, 3.8) is 0 Å². The summed E-state index contributed by atoms with van der Waals surface area (Å²) in [6.07, 6.45) is 8.57. The Morgan fingerprint density at radius 3 is 1.76 bits per heavy atom. The zero-order chi connectivity index (χ0) is 36.0. The first-order chi connectivity index (χ1) is 26.4. The van der Waals surface area contributed by atoms with Gasteiger partial charge in [-0.2, -0.15) is 0 Å². The van der Waals surface area contributed by atoms with Gasteiger partial charge in [-0.15, -0.1) is 0 Å². The fraction of sp³-hybridized carbons (Fsp3) is 0.245. The van der Waals surface area contributed by atoms with Gasteiger partial charge in [0.25, 0.3) is 0 Å². The van der Waals surface area contributed by atoms with Crippen molar-refractivity contribution in [2.75, 3.05) is 4.90 Å². The molecule has 5 aliphatic rings. The van der Waals surface area contributed by atoms with Crippen LogP contribution in [0.5, 0.6) is 0 Å². The number of fused-ring (bicyclic) bond motifs is 4. The van der Waals surface area contributed by atoms with Crippen LogP contribution in [0.2, 0.25) is 0 Å². The molecular formula is C53H47N. The van der Waals surface area contributed by atoms with Crippen LogP contribution in [0.25, 0.3) is 44.2 Å². The van der Waals surface area contributed by atoms with Crippen LogP contribution in [0.3, 0.4) is 0 Å². The van der Waals surface area contributed by atoms with Gasteiger partial charge in [-0.1, -0.05) is 141 Å². The SMILES string of the molecule is CC1(C)c2ccccc2-c2ccc(N(c3ccc(C45CC6CC(CC(C6)C4)C5)cc3)c3ccccc3-c3cccc4cccc(-c5ccccc5)c34)cc21. The van der Waals surface area contributed by atoms with Crippen LogP contribution in [0.1, 0.15) is 69.1 Å². The van der Waals surface area contributed by atoms with E-state index >= 15 is 0 Å². The lowest BCUT2D eigenvalue weighted by molar-refractivity contribution is -0.00518. The minimum absolute atomic E-state index is 0.0876. The van der Waals surface area contributed by atoms with Gasteiger partial charge in [0.2, 0.25) is 0 Å². The van der Waals surface area contributed by atoms with Crippen molar-refractivity contribution in [2.45, 2.75) is 63.2 Å². The minimum Gasteiger partial charge on any atom is -0.310 e. The molecule has 4 fully saturated rings. The third-order valence-corrected chi connectivity index (χ3v) is 14.0. The maximum atomic E-state index is 2.54. The lowest BCUT2D eigenvalue weighted by atomic mass is 9.48. The van der Waals surface area contributed by atoms with Crippen LogP contribution in [0.4, 0.5) is 17.1 Å². The van der Waals surface area contributed by atoms with Crippen molar-refractivity contribution in [3.05, 3.63) is 174 Å². The molecule has 1 nitrogen and oxygen atoms in total. The molecule has 0 heterocycles. The predicted molar refractivity (Wildman–Crippen MR) is 227 cm³/mol. The van der Waals surface area contributed by atoms with Gasteiger partial charge in [0.05, 0.1) is 5.69 Å². The number of para-hydroxylation sites is 1. The largest absolute Gasteiger partial charge is 0.310 e. The second-order valence-electron chi connectivity index (χ2n) is 17.6. The van der Waals surface area contributed by atoms with Gasteiger partial charge in [0.15, 0.2) is 0 Å². The van der Waals surface area contributed by atoms with Gasteiger partial charge in [-0.3, -0.25) is 0 Å². The minimum atomic E-state index is -0.0876. The number of hydrogen-bond acceptors (Lipinski definition) is 1. The second kappa shape index (κ2) is 12.1. The normalized spacial score (nSPS) is 23.0. The molecule has 0 aromatic heterocycles. The first-order valence-electron chi connectivity index (χ1n) is 20.3. The predicted octanol–water partition coefficient (Wildman–Crippen LogP) is 14.4. The average molecular weight is 698 g/mol. The maximum Gasteiger partial charge on any atom is 0.0540 e. The molecular weight excluding hydrogens is 651 g/mol. The fourth-order valence-corrected chi connectivity index (χ4v) is 12.0. The number of benzene rings is 7. The Bertz CT molecular complexity index is 2520. The van der Waals surface area contributed by atoms with E-state index in [4.69, 9.17) is 0 Å². The van der Waals surface area contributed by atoms with E-state index in [0.717, 1.165) is 17.8 Å². The summed E-state index contributed by atoms with van der Waals surface area (Å²) in [6, 6.07) is 59.6. The summed E-state index contributed by atoms with van der Waals surface area (Å²) in [6.45, 7) is 4.78. The van der Waals surface area contributed by atoms with Crippen molar-refractivity contribution < 1.29 is 0 Å². The Morgan fingerprint density at radius 1 is 0.463 bits per heavy atom. The van der Waals surface area contributed by atoms with Crippen LogP contribution in [-0.4, -0.2) is 0 Å². The van der Waals surface area contributed by atoms with Crippen LogP contribution < -0.4 is 4.90 Å². The number of anilines is 3. The number of nitrogens with zero attached hydrogens (tertiary/aromatic N) is 1. The molecule has 0 saturated heterocycles. The molecule has 4 bridgehead atoms. The number of rotatable bonds is 6. The van der Waals surface area contributed by atoms with Crippen LogP contribution >= 0.6 is 0 Å². The number of hydrogen-bond donors (Lipinski definition) is 0. The van der Waals surface area contributed by atoms with Gasteiger partial charge in [-0.25, -0.2) is 0 Å². The lowest BCUT2D eigenvalue weighted by Gasteiger charge is -2.57. The summed E-state index contributed by atoms with van der Waals surface area (Å²) in [5.74, 6) is 2.79. The molecule has 7 aromatic carbocycles. The van der Waals surface area contributed by atoms with Gasteiger partial charge in [0, 0.05) is 22.4 Å². The van der Waals surface area contributed by atoms with Gasteiger partial charge < -0.3 is 4.90 Å². The lowest BCUT2D eigenvalue weighted by Crippen LogP contribution is -2.48. The van der Waals surface area contributed by atoms with Crippen LogP contribution in [0, 0.1) is 17.8 Å². The highest BCUT2D eigenvalue weighted by atomic mass is 15.1. The van der Waals surface area contributed by atoms with Gasteiger partial charge >= 0.3 is 0 Å².